The van der Waals surface area contributed by atoms with Crippen molar-refractivity contribution in [3.05, 3.63) is 29.8 Å². The summed E-state index contributed by atoms with van der Waals surface area (Å²) >= 11 is 0. The van der Waals surface area contributed by atoms with Crippen molar-refractivity contribution in [2.45, 2.75) is 33.1 Å². The third kappa shape index (κ3) is 5.20. The van der Waals surface area contributed by atoms with Gasteiger partial charge in [-0.05, 0) is 24.5 Å². The summed E-state index contributed by atoms with van der Waals surface area (Å²) in [5.41, 5.74) is 1.15. The molecule has 0 bridgehead atoms. The molecule has 0 saturated heterocycles. The van der Waals surface area contributed by atoms with E-state index < -0.39 is 0 Å². The molecule has 0 radical (unpaired) electrons. The molecule has 19 heavy (non-hydrogen) atoms. The van der Waals surface area contributed by atoms with E-state index in [0.717, 1.165) is 37.1 Å². The molecule has 0 spiro atoms. The van der Waals surface area contributed by atoms with Crippen LogP contribution in [0.2, 0.25) is 0 Å². The lowest BCUT2D eigenvalue weighted by molar-refractivity contribution is 0.193. The van der Waals surface area contributed by atoms with Crippen LogP contribution in [0.1, 0.15) is 32.3 Å². The minimum atomic E-state index is -0.0950. The number of para-hydroxylation sites is 1. The number of benzene rings is 1. The molecule has 0 aliphatic carbocycles. The smallest absolute Gasteiger partial charge is 0.319 e. The largest absolute Gasteiger partial charge is 0.473 e. The number of hydrogen-bond donors (Lipinski definition) is 1. The van der Waals surface area contributed by atoms with Gasteiger partial charge in [0, 0.05) is 13.6 Å². The summed E-state index contributed by atoms with van der Waals surface area (Å²) in [6.07, 6.45) is 3.02. The van der Waals surface area contributed by atoms with Gasteiger partial charge >= 0.3 is 6.03 Å². The monoisotopic (exact) mass is 264 g/mol. The number of carbonyl (C=O) groups excluding carboxylic acids is 1. The van der Waals surface area contributed by atoms with Crippen LogP contribution >= 0.6 is 0 Å². The Morgan fingerprint density at radius 2 is 2.05 bits per heavy atom. The Morgan fingerprint density at radius 1 is 1.32 bits per heavy atom. The van der Waals surface area contributed by atoms with Crippen molar-refractivity contribution in [3.8, 4) is 5.75 Å². The Hall–Kier alpha value is -1.71. The summed E-state index contributed by atoms with van der Waals surface area (Å²) in [5, 5.41) is 2.76. The van der Waals surface area contributed by atoms with E-state index in [1.807, 2.05) is 24.3 Å². The fourth-order valence-electron chi connectivity index (χ4n) is 1.74. The summed E-state index contributed by atoms with van der Waals surface area (Å²) in [7, 11) is 1.80. The van der Waals surface area contributed by atoms with Crippen LogP contribution in [0, 0.1) is 0 Å². The van der Waals surface area contributed by atoms with Crippen molar-refractivity contribution in [2.75, 3.05) is 20.3 Å². The van der Waals surface area contributed by atoms with Gasteiger partial charge in [0.25, 0.3) is 0 Å². The van der Waals surface area contributed by atoms with Gasteiger partial charge in [-0.25, -0.2) is 4.79 Å². The van der Waals surface area contributed by atoms with Gasteiger partial charge in [0.05, 0.1) is 0 Å². The zero-order valence-corrected chi connectivity index (χ0v) is 12.1. The van der Waals surface area contributed by atoms with Crippen molar-refractivity contribution in [1.82, 2.24) is 10.2 Å². The van der Waals surface area contributed by atoms with Crippen LogP contribution in [0.5, 0.6) is 5.75 Å². The highest BCUT2D eigenvalue weighted by atomic mass is 16.5. The lowest BCUT2D eigenvalue weighted by Crippen LogP contribution is -2.39. The zero-order valence-electron chi connectivity index (χ0n) is 12.1. The van der Waals surface area contributed by atoms with Crippen molar-refractivity contribution in [2.24, 2.45) is 0 Å². The fourth-order valence-corrected chi connectivity index (χ4v) is 1.74. The first kappa shape index (κ1) is 15.3. The molecule has 1 N–H and O–H groups in total. The molecule has 4 nitrogen and oxygen atoms in total. The Labute approximate surface area is 115 Å². The second kappa shape index (κ2) is 8.40. The predicted molar refractivity (Wildman–Crippen MR) is 77.4 cm³/mol. The van der Waals surface area contributed by atoms with Crippen molar-refractivity contribution >= 4 is 6.03 Å². The maximum absolute atomic E-state index is 11.7. The van der Waals surface area contributed by atoms with Crippen LogP contribution in [0.3, 0.4) is 0 Å². The van der Waals surface area contributed by atoms with E-state index in [-0.39, 0.29) is 12.8 Å². The van der Waals surface area contributed by atoms with Gasteiger partial charge in [-0.2, -0.15) is 0 Å². The molecule has 0 saturated carbocycles. The van der Waals surface area contributed by atoms with E-state index in [0.29, 0.717) is 0 Å². The van der Waals surface area contributed by atoms with Gasteiger partial charge < -0.3 is 15.0 Å². The Morgan fingerprint density at radius 3 is 2.74 bits per heavy atom. The van der Waals surface area contributed by atoms with Crippen LogP contribution in [-0.4, -0.2) is 31.3 Å². The van der Waals surface area contributed by atoms with E-state index in [4.69, 9.17) is 4.74 Å². The number of nitrogens with one attached hydrogen (secondary N) is 1. The number of aryl methyl sites for hydroxylation is 1. The lowest BCUT2D eigenvalue weighted by Gasteiger charge is -2.18. The Bertz CT molecular complexity index is 393. The quantitative estimate of drug-likeness (QED) is 0.769. The highest BCUT2D eigenvalue weighted by Crippen LogP contribution is 2.17. The maximum Gasteiger partial charge on any atom is 0.319 e. The molecule has 1 aromatic rings. The highest BCUT2D eigenvalue weighted by Gasteiger charge is 2.07. The third-order valence-corrected chi connectivity index (χ3v) is 3.00. The second-order valence-electron chi connectivity index (χ2n) is 4.51. The number of amides is 2. The second-order valence-corrected chi connectivity index (χ2v) is 4.51. The molecule has 0 unspecified atom stereocenters. The topological polar surface area (TPSA) is 41.6 Å². The van der Waals surface area contributed by atoms with Gasteiger partial charge in [0.2, 0.25) is 0 Å². The molecule has 0 fully saturated rings. The third-order valence-electron chi connectivity index (χ3n) is 3.00. The van der Waals surface area contributed by atoms with E-state index in [1.54, 1.807) is 11.9 Å². The fraction of sp³-hybridized carbons (Fsp3) is 0.533. The lowest BCUT2D eigenvalue weighted by atomic mass is 10.1. The van der Waals surface area contributed by atoms with E-state index in [1.165, 1.54) is 0 Å². The van der Waals surface area contributed by atoms with Crippen LogP contribution in [-0.2, 0) is 6.42 Å². The summed E-state index contributed by atoms with van der Waals surface area (Å²) in [4.78, 5) is 13.4. The standard InChI is InChI=1S/C15H24N2O2/c1-4-6-11-17(3)15(18)16-12-19-14-10-8-7-9-13(14)5-2/h7-10H,4-6,11-12H2,1-3H3,(H,16,18). The average molecular weight is 264 g/mol. The maximum atomic E-state index is 11.7. The molecule has 4 heteroatoms. The first-order valence-corrected chi connectivity index (χ1v) is 6.88. The number of hydrogen-bond acceptors (Lipinski definition) is 2. The average Bonchev–Trinajstić information content (AvgIpc) is 2.45. The summed E-state index contributed by atoms with van der Waals surface area (Å²) in [6.45, 7) is 5.16. The molecule has 106 valence electrons. The Balaban J connectivity index is 2.35. The van der Waals surface area contributed by atoms with E-state index in [9.17, 15) is 4.79 Å². The molecule has 1 rings (SSSR count). The number of urea groups is 1. The minimum absolute atomic E-state index is 0.0950. The molecular formula is C15H24N2O2. The van der Waals surface area contributed by atoms with Gasteiger partial charge in [-0.3, -0.25) is 0 Å². The molecule has 0 atom stereocenters. The van der Waals surface area contributed by atoms with Gasteiger partial charge in [-0.1, -0.05) is 38.5 Å². The molecule has 0 aliphatic heterocycles. The van der Waals surface area contributed by atoms with Gasteiger partial charge in [0.1, 0.15) is 5.75 Å². The molecule has 1 aromatic carbocycles. The highest BCUT2D eigenvalue weighted by molar-refractivity contribution is 5.73. The van der Waals surface area contributed by atoms with E-state index >= 15 is 0 Å². The number of nitrogens with zero attached hydrogens (tertiary/aromatic N) is 1. The molecule has 0 aromatic heterocycles. The number of ether oxygens (including phenoxy) is 1. The van der Waals surface area contributed by atoms with Crippen LogP contribution in [0.4, 0.5) is 4.79 Å². The van der Waals surface area contributed by atoms with Crippen LogP contribution < -0.4 is 10.1 Å². The van der Waals surface area contributed by atoms with Gasteiger partial charge in [-0.15, -0.1) is 0 Å². The molecule has 0 heterocycles. The molecule has 0 aliphatic rings. The molecule has 2 amide bonds. The Kier molecular flexibility index (Phi) is 6.79. The number of carbonyl (C=O) groups is 1. The first-order valence-electron chi connectivity index (χ1n) is 6.88. The normalized spacial score (nSPS) is 10.1. The first-order chi connectivity index (χ1) is 9.19. The van der Waals surface area contributed by atoms with Gasteiger partial charge in [0.15, 0.2) is 6.73 Å². The SMILES string of the molecule is CCCCN(C)C(=O)NCOc1ccccc1CC. The number of unbranched alkanes of at least 4 members (excludes halogenated alkanes) is 1. The van der Waals surface area contributed by atoms with Crippen LogP contribution in [0.25, 0.3) is 0 Å². The summed E-state index contributed by atoms with van der Waals surface area (Å²) in [6, 6.07) is 7.78. The van der Waals surface area contributed by atoms with Crippen LogP contribution in [0.15, 0.2) is 24.3 Å². The van der Waals surface area contributed by atoms with Crippen molar-refractivity contribution in [1.29, 1.82) is 0 Å². The molecular weight excluding hydrogens is 240 g/mol. The summed E-state index contributed by atoms with van der Waals surface area (Å²) < 4.78 is 5.59. The van der Waals surface area contributed by atoms with Crippen molar-refractivity contribution < 1.29 is 9.53 Å². The van der Waals surface area contributed by atoms with Crippen molar-refractivity contribution in [3.63, 3.8) is 0 Å². The summed E-state index contributed by atoms with van der Waals surface area (Å²) in [5.74, 6) is 0.835. The number of rotatable bonds is 7. The van der Waals surface area contributed by atoms with E-state index in [2.05, 4.69) is 19.2 Å². The minimum Gasteiger partial charge on any atom is -0.473 e. The predicted octanol–water partition coefficient (Wildman–Crippen LogP) is 3.03. The zero-order chi connectivity index (χ0) is 14.1.